The first-order valence-electron chi connectivity index (χ1n) is 7.00. The smallest absolute Gasteiger partial charge is 0.183 e. The quantitative estimate of drug-likeness (QED) is 0.670. The van der Waals surface area contributed by atoms with E-state index in [9.17, 15) is 4.39 Å². The molecule has 1 heterocycles. The Kier molecular flexibility index (Phi) is 5.10. The SMILES string of the molecule is Fc1cccc(COc2ccc(NCc3cnc(Cl)s3)cc2)c1. The Morgan fingerprint density at radius 1 is 1.17 bits per heavy atom. The minimum absolute atomic E-state index is 0.256. The number of nitrogens with one attached hydrogen (secondary N) is 1. The molecule has 0 amide bonds. The van der Waals surface area contributed by atoms with Gasteiger partial charge in [-0.15, -0.1) is 11.3 Å². The van der Waals surface area contributed by atoms with Crippen molar-refractivity contribution in [3.63, 3.8) is 0 Å². The Labute approximate surface area is 142 Å². The minimum Gasteiger partial charge on any atom is -0.489 e. The first-order valence-corrected chi connectivity index (χ1v) is 8.20. The van der Waals surface area contributed by atoms with Gasteiger partial charge in [-0.05, 0) is 42.0 Å². The van der Waals surface area contributed by atoms with E-state index >= 15 is 0 Å². The van der Waals surface area contributed by atoms with Crippen molar-refractivity contribution in [3.8, 4) is 5.75 Å². The first kappa shape index (κ1) is 15.8. The van der Waals surface area contributed by atoms with Crippen LogP contribution >= 0.6 is 22.9 Å². The molecule has 0 fully saturated rings. The first-order chi connectivity index (χ1) is 11.2. The fraction of sp³-hybridized carbons (Fsp3) is 0.118. The number of rotatable bonds is 6. The summed E-state index contributed by atoms with van der Waals surface area (Å²) in [4.78, 5) is 5.07. The Balaban J connectivity index is 1.52. The molecule has 3 rings (SSSR count). The molecule has 0 saturated heterocycles. The van der Waals surface area contributed by atoms with Crippen molar-refractivity contribution in [3.05, 3.63) is 75.5 Å². The van der Waals surface area contributed by atoms with Gasteiger partial charge >= 0.3 is 0 Å². The highest BCUT2D eigenvalue weighted by Crippen LogP contribution is 2.21. The van der Waals surface area contributed by atoms with Crippen LogP contribution in [0.5, 0.6) is 5.75 Å². The van der Waals surface area contributed by atoms with Gasteiger partial charge in [-0.25, -0.2) is 9.37 Å². The van der Waals surface area contributed by atoms with Crippen LogP contribution in [0.3, 0.4) is 0 Å². The van der Waals surface area contributed by atoms with Crippen LogP contribution in [0.2, 0.25) is 4.47 Å². The highest BCUT2D eigenvalue weighted by Gasteiger charge is 2.01. The van der Waals surface area contributed by atoms with Gasteiger partial charge in [-0.3, -0.25) is 0 Å². The summed E-state index contributed by atoms with van der Waals surface area (Å²) >= 11 is 7.25. The van der Waals surface area contributed by atoms with E-state index in [4.69, 9.17) is 16.3 Å². The maximum atomic E-state index is 13.1. The third-order valence-corrected chi connectivity index (χ3v) is 4.26. The maximum absolute atomic E-state index is 13.1. The lowest BCUT2D eigenvalue weighted by Crippen LogP contribution is -1.98. The van der Waals surface area contributed by atoms with Crippen molar-refractivity contribution in [1.29, 1.82) is 0 Å². The zero-order valence-electron chi connectivity index (χ0n) is 12.1. The summed E-state index contributed by atoms with van der Waals surface area (Å²) in [6, 6.07) is 14.0. The number of nitrogens with zero attached hydrogens (tertiary/aromatic N) is 1. The number of hydrogen-bond donors (Lipinski definition) is 1. The summed E-state index contributed by atoms with van der Waals surface area (Å²) in [7, 11) is 0. The number of ether oxygens (including phenoxy) is 1. The van der Waals surface area contributed by atoms with E-state index in [0.29, 0.717) is 17.6 Å². The summed E-state index contributed by atoms with van der Waals surface area (Å²) in [6.45, 7) is 1.01. The van der Waals surface area contributed by atoms with E-state index in [-0.39, 0.29) is 5.82 Å². The number of halogens is 2. The summed E-state index contributed by atoms with van der Waals surface area (Å²) < 4.78 is 19.3. The summed E-state index contributed by atoms with van der Waals surface area (Å²) in [5.41, 5.74) is 1.78. The molecule has 0 aliphatic rings. The fourth-order valence-corrected chi connectivity index (χ4v) is 2.93. The number of hydrogen-bond acceptors (Lipinski definition) is 4. The molecule has 0 bridgehead atoms. The van der Waals surface area contributed by atoms with E-state index in [1.807, 2.05) is 30.3 Å². The molecule has 1 aromatic heterocycles. The standard InChI is InChI=1S/C17H14ClFN2OS/c18-17-21-10-16(23-17)9-20-14-4-6-15(7-5-14)22-11-12-2-1-3-13(19)8-12/h1-8,10,20H,9,11H2. The molecule has 3 nitrogen and oxygen atoms in total. The average Bonchev–Trinajstić information content (AvgIpc) is 2.98. The van der Waals surface area contributed by atoms with Gasteiger partial charge in [0.25, 0.3) is 0 Å². The molecular formula is C17H14ClFN2OS. The van der Waals surface area contributed by atoms with Crippen LogP contribution < -0.4 is 10.1 Å². The molecule has 0 aliphatic heterocycles. The number of aromatic nitrogens is 1. The average molecular weight is 349 g/mol. The summed E-state index contributed by atoms with van der Waals surface area (Å²) in [5, 5.41) is 3.29. The van der Waals surface area contributed by atoms with Crippen LogP contribution in [-0.2, 0) is 13.2 Å². The van der Waals surface area contributed by atoms with Gasteiger partial charge < -0.3 is 10.1 Å². The lowest BCUT2D eigenvalue weighted by molar-refractivity contribution is 0.305. The molecule has 0 saturated carbocycles. The highest BCUT2D eigenvalue weighted by molar-refractivity contribution is 7.15. The second kappa shape index (κ2) is 7.44. The molecule has 1 N–H and O–H groups in total. The molecule has 3 aromatic rings. The molecule has 23 heavy (non-hydrogen) atoms. The van der Waals surface area contributed by atoms with Crippen LogP contribution in [0.4, 0.5) is 10.1 Å². The Morgan fingerprint density at radius 3 is 2.70 bits per heavy atom. The molecule has 0 atom stereocenters. The molecule has 0 radical (unpaired) electrons. The lowest BCUT2D eigenvalue weighted by atomic mass is 10.2. The van der Waals surface area contributed by atoms with Gasteiger partial charge in [-0.1, -0.05) is 23.7 Å². The molecular weight excluding hydrogens is 335 g/mol. The predicted octanol–water partition coefficient (Wildman–Crippen LogP) is 5.13. The number of thiazole rings is 1. The maximum Gasteiger partial charge on any atom is 0.183 e. The van der Waals surface area contributed by atoms with Gasteiger partial charge in [0.2, 0.25) is 0 Å². The molecule has 118 valence electrons. The van der Waals surface area contributed by atoms with Crippen LogP contribution in [0.15, 0.2) is 54.7 Å². The molecule has 0 aliphatic carbocycles. The van der Waals surface area contributed by atoms with E-state index in [1.165, 1.54) is 23.5 Å². The van der Waals surface area contributed by atoms with E-state index < -0.39 is 0 Å². The second-order valence-corrected chi connectivity index (χ2v) is 6.57. The topological polar surface area (TPSA) is 34.1 Å². The Hall–Kier alpha value is -2.11. The van der Waals surface area contributed by atoms with Crippen molar-refractivity contribution in [2.75, 3.05) is 5.32 Å². The highest BCUT2D eigenvalue weighted by atomic mass is 35.5. The van der Waals surface area contributed by atoms with Gasteiger partial charge in [-0.2, -0.15) is 0 Å². The zero-order valence-corrected chi connectivity index (χ0v) is 13.7. The van der Waals surface area contributed by atoms with Crippen molar-refractivity contribution < 1.29 is 9.13 Å². The van der Waals surface area contributed by atoms with Gasteiger partial charge in [0, 0.05) is 16.8 Å². The van der Waals surface area contributed by atoms with Crippen LogP contribution in [0.1, 0.15) is 10.4 Å². The third kappa shape index (κ3) is 4.68. The van der Waals surface area contributed by atoms with Crippen molar-refractivity contribution in [2.24, 2.45) is 0 Å². The fourth-order valence-electron chi connectivity index (χ4n) is 2.02. The van der Waals surface area contributed by atoms with E-state index in [2.05, 4.69) is 10.3 Å². The van der Waals surface area contributed by atoms with E-state index in [1.54, 1.807) is 12.3 Å². The van der Waals surface area contributed by atoms with E-state index in [0.717, 1.165) is 21.9 Å². The van der Waals surface area contributed by atoms with Crippen molar-refractivity contribution in [1.82, 2.24) is 4.98 Å². The van der Waals surface area contributed by atoms with Gasteiger partial charge in [0.15, 0.2) is 4.47 Å². The van der Waals surface area contributed by atoms with Crippen LogP contribution in [0.25, 0.3) is 0 Å². The minimum atomic E-state index is -0.256. The zero-order chi connectivity index (χ0) is 16.1. The largest absolute Gasteiger partial charge is 0.489 e. The van der Waals surface area contributed by atoms with Crippen molar-refractivity contribution >= 4 is 28.6 Å². The number of anilines is 1. The summed E-state index contributed by atoms with van der Waals surface area (Å²) in [6.07, 6.45) is 1.76. The number of benzene rings is 2. The summed E-state index contributed by atoms with van der Waals surface area (Å²) in [5.74, 6) is 0.481. The van der Waals surface area contributed by atoms with Crippen LogP contribution in [-0.4, -0.2) is 4.98 Å². The molecule has 0 unspecified atom stereocenters. The molecule has 2 aromatic carbocycles. The molecule has 6 heteroatoms. The van der Waals surface area contributed by atoms with Gasteiger partial charge in [0.1, 0.15) is 18.2 Å². The Morgan fingerprint density at radius 2 is 2.00 bits per heavy atom. The normalized spacial score (nSPS) is 10.5. The monoisotopic (exact) mass is 348 g/mol. The van der Waals surface area contributed by atoms with Crippen LogP contribution in [0, 0.1) is 5.82 Å². The van der Waals surface area contributed by atoms with Crippen molar-refractivity contribution in [2.45, 2.75) is 13.2 Å². The van der Waals surface area contributed by atoms with Gasteiger partial charge in [0.05, 0.1) is 6.54 Å². The Bertz CT molecular complexity index is 776. The second-order valence-electron chi connectivity index (χ2n) is 4.88. The lowest BCUT2D eigenvalue weighted by Gasteiger charge is -2.08. The molecule has 0 spiro atoms. The third-order valence-electron chi connectivity index (χ3n) is 3.14. The predicted molar refractivity (Wildman–Crippen MR) is 91.6 cm³/mol.